The number of carbonyl (C=O) groups is 1. The van der Waals surface area contributed by atoms with E-state index in [0.717, 1.165) is 39.6 Å². The first-order chi connectivity index (χ1) is 19.1. The van der Waals surface area contributed by atoms with Crippen molar-refractivity contribution in [3.63, 3.8) is 0 Å². The van der Waals surface area contributed by atoms with E-state index in [9.17, 15) is 4.79 Å². The van der Waals surface area contributed by atoms with Crippen LogP contribution in [0.1, 0.15) is 54.1 Å². The molecule has 3 heterocycles. The van der Waals surface area contributed by atoms with Crippen LogP contribution in [0.15, 0.2) is 66.9 Å². The number of pyridine rings is 1. The molecule has 2 atom stereocenters. The van der Waals surface area contributed by atoms with Gasteiger partial charge in [0.1, 0.15) is 0 Å². The Labute approximate surface area is 250 Å². The lowest BCUT2D eigenvalue weighted by atomic mass is 9.93. The van der Waals surface area contributed by atoms with Gasteiger partial charge in [-0.3, -0.25) is 9.78 Å². The number of nitrogens with zero attached hydrogens (tertiary/aromatic N) is 3. The molecule has 40 heavy (non-hydrogen) atoms. The summed E-state index contributed by atoms with van der Waals surface area (Å²) in [7, 11) is 0. The van der Waals surface area contributed by atoms with Crippen LogP contribution in [0.25, 0.3) is 5.69 Å². The summed E-state index contributed by atoms with van der Waals surface area (Å²) in [6, 6.07) is 19.0. The second-order valence-electron chi connectivity index (χ2n) is 10.3. The highest BCUT2D eigenvalue weighted by Gasteiger charge is 2.43. The minimum absolute atomic E-state index is 0.0924. The average molecular weight is 593 g/mol. The third kappa shape index (κ3) is 5.09. The molecule has 1 aliphatic heterocycles. The van der Waals surface area contributed by atoms with Crippen LogP contribution in [0.5, 0.6) is 0 Å². The number of hydrogen-bond donors (Lipinski definition) is 2. The SMILES string of the molecule is Cc1c([C@H]2[C@@H](c3ccccn3)NC(=S)N2c2ccc(NC(=O)C(C)C)c(Cl)c2)c(C)n(-c2cccc(Cl)c2)c1C. The first kappa shape index (κ1) is 28.1. The molecule has 2 aromatic heterocycles. The van der Waals surface area contributed by atoms with E-state index in [1.54, 1.807) is 6.20 Å². The van der Waals surface area contributed by atoms with Crippen molar-refractivity contribution in [3.05, 3.63) is 105 Å². The second-order valence-corrected chi connectivity index (χ2v) is 11.6. The molecular weight excluding hydrogens is 561 g/mol. The molecule has 1 amide bonds. The van der Waals surface area contributed by atoms with Crippen molar-refractivity contribution < 1.29 is 4.79 Å². The summed E-state index contributed by atoms with van der Waals surface area (Å²) in [5, 5.41) is 8.13. The van der Waals surface area contributed by atoms with Gasteiger partial charge in [0.2, 0.25) is 5.91 Å². The fourth-order valence-corrected chi connectivity index (χ4v) is 6.16. The van der Waals surface area contributed by atoms with Crippen molar-refractivity contribution in [2.75, 3.05) is 10.2 Å². The summed E-state index contributed by atoms with van der Waals surface area (Å²) in [5.41, 5.74) is 7.79. The smallest absolute Gasteiger partial charge is 0.226 e. The zero-order valence-electron chi connectivity index (χ0n) is 23.0. The lowest BCUT2D eigenvalue weighted by molar-refractivity contribution is -0.118. The number of carbonyl (C=O) groups excluding carboxylic acids is 1. The first-order valence-corrected chi connectivity index (χ1v) is 14.3. The lowest BCUT2D eigenvalue weighted by Gasteiger charge is -2.29. The van der Waals surface area contributed by atoms with E-state index in [-0.39, 0.29) is 23.9 Å². The number of aromatic nitrogens is 2. The van der Waals surface area contributed by atoms with Gasteiger partial charge in [0, 0.05) is 45.5 Å². The quantitative estimate of drug-likeness (QED) is 0.223. The van der Waals surface area contributed by atoms with Crippen LogP contribution in [0.4, 0.5) is 11.4 Å². The van der Waals surface area contributed by atoms with Crippen LogP contribution >= 0.6 is 35.4 Å². The summed E-state index contributed by atoms with van der Waals surface area (Å²) in [5.74, 6) is -0.252. The maximum atomic E-state index is 12.3. The number of halogens is 2. The lowest BCUT2D eigenvalue weighted by Crippen LogP contribution is -2.30. The summed E-state index contributed by atoms with van der Waals surface area (Å²) in [6.07, 6.45) is 1.80. The van der Waals surface area contributed by atoms with Crippen LogP contribution in [0.2, 0.25) is 10.0 Å². The van der Waals surface area contributed by atoms with Gasteiger partial charge in [-0.25, -0.2) is 0 Å². The molecular formula is C31H31Cl2N5OS. The van der Waals surface area contributed by atoms with Crippen LogP contribution in [-0.4, -0.2) is 20.6 Å². The molecule has 1 fully saturated rings. The Morgan fingerprint density at radius 3 is 2.42 bits per heavy atom. The maximum Gasteiger partial charge on any atom is 0.226 e. The molecule has 1 aliphatic rings. The highest BCUT2D eigenvalue weighted by Crippen LogP contribution is 2.46. The summed E-state index contributed by atoms with van der Waals surface area (Å²) in [4.78, 5) is 19.1. The van der Waals surface area contributed by atoms with Gasteiger partial charge in [-0.1, -0.05) is 49.2 Å². The molecule has 5 rings (SSSR count). The van der Waals surface area contributed by atoms with Gasteiger partial charge >= 0.3 is 0 Å². The summed E-state index contributed by atoms with van der Waals surface area (Å²) < 4.78 is 2.24. The molecule has 0 unspecified atom stereocenters. The highest BCUT2D eigenvalue weighted by molar-refractivity contribution is 7.80. The maximum absolute atomic E-state index is 12.3. The fourth-order valence-electron chi connectivity index (χ4n) is 5.40. The van der Waals surface area contributed by atoms with Crippen LogP contribution in [0.3, 0.4) is 0 Å². The Bertz CT molecular complexity index is 1600. The number of anilines is 2. The largest absolute Gasteiger partial charge is 0.351 e. The van der Waals surface area contributed by atoms with E-state index in [1.165, 1.54) is 0 Å². The van der Waals surface area contributed by atoms with E-state index in [4.69, 9.17) is 40.4 Å². The first-order valence-electron chi connectivity index (χ1n) is 13.1. The van der Waals surface area contributed by atoms with Gasteiger partial charge in [0.15, 0.2) is 5.11 Å². The standard InChI is InChI=1S/C31H31Cl2N5OS/c1-17(2)30(39)35-25-13-12-23(16-24(25)33)38-29(28(36-31(38)40)26-11-6-7-14-34-26)27-18(3)19(4)37(20(27)5)22-10-8-9-21(32)15-22/h6-17,28-29H,1-5H3,(H,35,39)(H,36,40)/t28-,29+/m1/s1. The van der Waals surface area contributed by atoms with E-state index in [2.05, 4.69) is 46.9 Å². The molecule has 206 valence electrons. The summed E-state index contributed by atoms with van der Waals surface area (Å²) in [6.45, 7) is 10.1. The topological polar surface area (TPSA) is 62.2 Å². The molecule has 0 saturated carbocycles. The Balaban J connectivity index is 1.66. The van der Waals surface area contributed by atoms with Crippen molar-refractivity contribution >= 4 is 57.8 Å². The average Bonchev–Trinajstić information content (AvgIpc) is 3.37. The molecule has 9 heteroatoms. The van der Waals surface area contributed by atoms with E-state index >= 15 is 0 Å². The predicted octanol–water partition coefficient (Wildman–Crippen LogP) is 7.88. The van der Waals surface area contributed by atoms with Crippen molar-refractivity contribution in [2.24, 2.45) is 5.92 Å². The Hall–Kier alpha value is -3.39. The van der Waals surface area contributed by atoms with E-state index in [1.807, 2.05) is 68.4 Å². The van der Waals surface area contributed by atoms with Crippen molar-refractivity contribution in [1.82, 2.24) is 14.9 Å². The minimum Gasteiger partial charge on any atom is -0.351 e. The molecule has 0 aliphatic carbocycles. The van der Waals surface area contributed by atoms with Crippen LogP contribution in [-0.2, 0) is 4.79 Å². The zero-order chi connectivity index (χ0) is 28.7. The van der Waals surface area contributed by atoms with E-state index < -0.39 is 0 Å². The van der Waals surface area contributed by atoms with Crippen LogP contribution in [0, 0.1) is 26.7 Å². The number of benzene rings is 2. The monoisotopic (exact) mass is 591 g/mol. The molecule has 0 radical (unpaired) electrons. The van der Waals surface area contributed by atoms with Crippen molar-refractivity contribution in [2.45, 2.75) is 46.7 Å². The number of nitrogens with one attached hydrogen (secondary N) is 2. The predicted molar refractivity (Wildman–Crippen MR) is 168 cm³/mol. The van der Waals surface area contributed by atoms with Gasteiger partial charge in [-0.2, -0.15) is 0 Å². The second kappa shape index (κ2) is 11.2. The fraction of sp³-hybridized carbons (Fsp3) is 0.258. The minimum atomic E-state index is -0.214. The molecule has 0 bridgehead atoms. The van der Waals surface area contributed by atoms with Crippen molar-refractivity contribution in [1.29, 1.82) is 0 Å². The third-order valence-electron chi connectivity index (χ3n) is 7.48. The number of thiocarbonyl (C=S) groups is 1. The van der Waals surface area contributed by atoms with E-state index in [0.29, 0.717) is 20.8 Å². The third-order valence-corrected chi connectivity index (χ3v) is 8.34. The van der Waals surface area contributed by atoms with Crippen LogP contribution < -0.4 is 15.5 Å². The Morgan fingerprint density at radius 1 is 1.00 bits per heavy atom. The Morgan fingerprint density at radius 2 is 1.77 bits per heavy atom. The molecule has 4 aromatic rings. The van der Waals surface area contributed by atoms with Gasteiger partial charge in [0.05, 0.1) is 28.5 Å². The molecule has 0 spiro atoms. The number of amides is 1. The van der Waals surface area contributed by atoms with Gasteiger partial charge < -0.3 is 20.1 Å². The number of hydrogen-bond acceptors (Lipinski definition) is 3. The summed E-state index contributed by atoms with van der Waals surface area (Å²) >= 11 is 19.0. The van der Waals surface area contributed by atoms with Gasteiger partial charge in [-0.15, -0.1) is 0 Å². The molecule has 6 nitrogen and oxygen atoms in total. The zero-order valence-corrected chi connectivity index (χ0v) is 25.3. The van der Waals surface area contributed by atoms with Crippen molar-refractivity contribution in [3.8, 4) is 5.69 Å². The normalized spacial score (nSPS) is 16.9. The van der Waals surface area contributed by atoms with Gasteiger partial charge in [-0.05, 0) is 87.1 Å². The highest BCUT2D eigenvalue weighted by atomic mass is 35.5. The molecule has 1 saturated heterocycles. The number of rotatable bonds is 6. The molecule has 2 aromatic carbocycles. The molecule has 2 N–H and O–H groups in total. The Kier molecular flexibility index (Phi) is 7.91. The van der Waals surface area contributed by atoms with Gasteiger partial charge in [0.25, 0.3) is 0 Å².